The van der Waals surface area contributed by atoms with Crippen molar-refractivity contribution < 1.29 is 5.11 Å². The smallest absolute Gasteiger partial charge is 0.0464 e. The molecule has 10 heavy (non-hydrogen) atoms. The molecule has 3 aliphatic carbocycles. The van der Waals surface area contributed by atoms with Gasteiger partial charge in [-0.1, -0.05) is 0 Å². The summed E-state index contributed by atoms with van der Waals surface area (Å²) in [6.45, 7) is 0.475. The monoisotopic (exact) mass is 138 g/mol. The van der Waals surface area contributed by atoms with E-state index in [2.05, 4.69) is 0 Å². The first-order valence-corrected chi connectivity index (χ1v) is 4.52. The van der Waals surface area contributed by atoms with Crippen LogP contribution in [0.2, 0.25) is 0 Å². The Bertz CT molecular complexity index is 150. The van der Waals surface area contributed by atoms with Crippen molar-refractivity contribution in [2.24, 2.45) is 29.6 Å². The van der Waals surface area contributed by atoms with Gasteiger partial charge in [0.15, 0.2) is 0 Å². The van der Waals surface area contributed by atoms with Crippen LogP contribution in [0.25, 0.3) is 0 Å². The van der Waals surface area contributed by atoms with Gasteiger partial charge in [0.25, 0.3) is 0 Å². The molecule has 0 heterocycles. The van der Waals surface area contributed by atoms with Crippen LogP contribution in [-0.4, -0.2) is 11.7 Å². The van der Waals surface area contributed by atoms with Gasteiger partial charge in [-0.15, -0.1) is 0 Å². The number of rotatable bonds is 1. The van der Waals surface area contributed by atoms with Crippen LogP contribution in [0.5, 0.6) is 0 Å². The van der Waals surface area contributed by atoms with E-state index < -0.39 is 0 Å². The Morgan fingerprint density at radius 1 is 1.00 bits per heavy atom. The molecule has 0 saturated heterocycles. The van der Waals surface area contributed by atoms with Gasteiger partial charge < -0.3 is 5.11 Å². The van der Waals surface area contributed by atoms with E-state index in [1.54, 1.807) is 0 Å². The van der Waals surface area contributed by atoms with Crippen LogP contribution >= 0.6 is 0 Å². The fourth-order valence-electron chi connectivity index (χ4n) is 3.68. The Labute approximate surface area is 61.4 Å². The Balaban J connectivity index is 1.90. The number of hydrogen-bond donors (Lipinski definition) is 1. The molecule has 1 heteroatoms. The van der Waals surface area contributed by atoms with Gasteiger partial charge in [0.1, 0.15) is 0 Å². The van der Waals surface area contributed by atoms with Crippen molar-refractivity contribution in [2.75, 3.05) is 6.61 Å². The molecule has 1 N–H and O–H groups in total. The normalized spacial score (nSPS) is 62.7. The largest absolute Gasteiger partial charge is 0.396 e. The molecule has 3 saturated carbocycles. The molecular formula is C9H14O. The molecule has 2 bridgehead atoms. The van der Waals surface area contributed by atoms with Crippen LogP contribution in [0.1, 0.15) is 19.3 Å². The van der Waals surface area contributed by atoms with Crippen LogP contribution in [-0.2, 0) is 0 Å². The van der Waals surface area contributed by atoms with Crippen molar-refractivity contribution in [3.63, 3.8) is 0 Å². The van der Waals surface area contributed by atoms with Gasteiger partial charge in [-0.3, -0.25) is 0 Å². The minimum Gasteiger partial charge on any atom is -0.396 e. The lowest BCUT2D eigenvalue weighted by molar-refractivity contribution is 0.175. The van der Waals surface area contributed by atoms with Crippen LogP contribution in [0.15, 0.2) is 0 Å². The molecule has 3 fully saturated rings. The highest BCUT2D eigenvalue weighted by atomic mass is 16.3. The molecule has 0 aromatic rings. The zero-order valence-corrected chi connectivity index (χ0v) is 6.16. The van der Waals surface area contributed by atoms with Gasteiger partial charge in [-0.05, 0) is 48.9 Å². The molecule has 4 atom stereocenters. The molecule has 3 aliphatic rings. The lowest BCUT2D eigenvalue weighted by atomic mass is 9.93. The topological polar surface area (TPSA) is 20.2 Å². The predicted molar refractivity (Wildman–Crippen MR) is 38.4 cm³/mol. The van der Waals surface area contributed by atoms with E-state index in [9.17, 15) is 0 Å². The van der Waals surface area contributed by atoms with Crippen molar-refractivity contribution >= 4 is 0 Å². The SMILES string of the molecule is OCC1C2CCC1C1CC21. The molecule has 56 valence electrons. The number of aliphatic hydroxyl groups excluding tert-OH is 1. The van der Waals surface area contributed by atoms with E-state index in [-0.39, 0.29) is 0 Å². The van der Waals surface area contributed by atoms with Gasteiger partial charge in [0.2, 0.25) is 0 Å². The zero-order chi connectivity index (χ0) is 6.72. The third-order valence-electron chi connectivity index (χ3n) is 4.14. The molecule has 0 aliphatic heterocycles. The average Bonchev–Trinajstić information content (AvgIpc) is 2.61. The molecule has 3 rings (SSSR count). The quantitative estimate of drug-likeness (QED) is 0.578. The van der Waals surface area contributed by atoms with Crippen LogP contribution in [0.4, 0.5) is 0 Å². The van der Waals surface area contributed by atoms with Crippen LogP contribution in [0, 0.1) is 29.6 Å². The highest BCUT2D eigenvalue weighted by Crippen LogP contribution is 2.68. The highest BCUT2D eigenvalue weighted by molar-refractivity contribution is 5.10. The van der Waals surface area contributed by atoms with Crippen molar-refractivity contribution in [2.45, 2.75) is 19.3 Å². The fourth-order valence-corrected chi connectivity index (χ4v) is 3.68. The molecule has 0 aromatic heterocycles. The molecule has 4 unspecified atom stereocenters. The third-order valence-corrected chi connectivity index (χ3v) is 4.14. The van der Waals surface area contributed by atoms with E-state index in [1.165, 1.54) is 19.3 Å². The molecule has 1 nitrogen and oxygen atoms in total. The van der Waals surface area contributed by atoms with E-state index in [4.69, 9.17) is 5.11 Å². The maximum absolute atomic E-state index is 9.09. The summed E-state index contributed by atoms with van der Waals surface area (Å²) in [6, 6.07) is 0. The van der Waals surface area contributed by atoms with E-state index in [0.29, 0.717) is 6.61 Å². The van der Waals surface area contributed by atoms with Gasteiger partial charge >= 0.3 is 0 Å². The van der Waals surface area contributed by atoms with Crippen molar-refractivity contribution in [3.8, 4) is 0 Å². The lowest BCUT2D eigenvalue weighted by Gasteiger charge is -2.14. The van der Waals surface area contributed by atoms with Crippen LogP contribution in [0.3, 0.4) is 0 Å². The van der Waals surface area contributed by atoms with E-state index in [0.717, 1.165) is 29.6 Å². The summed E-state index contributed by atoms with van der Waals surface area (Å²) in [5, 5.41) is 9.09. The zero-order valence-electron chi connectivity index (χ0n) is 6.16. The number of aliphatic hydroxyl groups is 1. The fraction of sp³-hybridized carbons (Fsp3) is 1.00. The summed E-state index contributed by atoms with van der Waals surface area (Å²) >= 11 is 0. The summed E-state index contributed by atoms with van der Waals surface area (Å²) in [4.78, 5) is 0. The van der Waals surface area contributed by atoms with Crippen molar-refractivity contribution in [1.82, 2.24) is 0 Å². The van der Waals surface area contributed by atoms with Gasteiger partial charge in [0, 0.05) is 6.61 Å². The summed E-state index contributed by atoms with van der Waals surface area (Å²) in [5.74, 6) is 4.75. The maximum atomic E-state index is 9.09. The number of hydrogen-bond acceptors (Lipinski definition) is 1. The standard InChI is InChI=1S/C9H14O/c10-4-9-5-1-2-6(9)8-3-7(5)8/h5-10H,1-4H2. The second-order valence-electron chi connectivity index (χ2n) is 4.31. The summed E-state index contributed by atoms with van der Waals surface area (Å²) in [7, 11) is 0. The second kappa shape index (κ2) is 1.58. The summed E-state index contributed by atoms with van der Waals surface area (Å²) in [5.41, 5.74) is 0. The first-order chi connectivity index (χ1) is 4.92. The third kappa shape index (κ3) is 0.460. The minimum absolute atomic E-state index is 0.475. The average molecular weight is 138 g/mol. The summed E-state index contributed by atoms with van der Waals surface area (Å²) < 4.78 is 0. The van der Waals surface area contributed by atoms with Crippen molar-refractivity contribution in [3.05, 3.63) is 0 Å². The summed E-state index contributed by atoms with van der Waals surface area (Å²) in [6.07, 6.45) is 4.36. The Hall–Kier alpha value is -0.0400. The molecule has 0 spiro atoms. The molecular weight excluding hydrogens is 124 g/mol. The molecule has 0 amide bonds. The maximum Gasteiger partial charge on any atom is 0.0464 e. The Kier molecular flexibility index (Phi) is 0.883. The van der Waals surface area contributed by atoms with Gasteiger partial charge in [-0.25, -0.2) is 0 Å². The minimum atomic E-state index is 0.475. The van der Waals surface area contributed by atoms with Crippen molar-refractivity contribution in [1.29, 1.82) is 0 Å². The van der Waals surface area contributed by atoms with Gasteiger partial charge in [0.05, 0.1) is 0 Å². The first kappa shape index (κ1) is 5.59. The lowest BCUT2D eigenvalue weighted by Crippen LogP contribution is -2.14. The second-order valence-corrected chi connectivity index (χ2v) is 4.31. The van der Waals surface area contributed by atoms with Crippen LogP contribution < -0.4 is 0 Å². The highest BCUT2D eigenvalue weighted by Gasteiger charge is 2.62. The number of fused-ring (bicyclic) bond motifs is 5. The Morgan fingerprint density at radius 2 is 1.60 bits per heavy atom. The van der Waals surface area contributed by atoms with E-state index >= 15 is 0 Å². The van der Waals surface area contributed by atoms with E-state index in [1.807, 2.05) is 0 Å². The Morgan fingerprint density at radius 3 is 2.00 bits per heavy atom. The predicted octanol–water partition coefficient (Wildman–Crippen LogP) is 1.27. The first-order valence-electron chi connectivity index (χ1n) is 4.52. The van der Waals surface area contributed by atoms with Gasteiger partial charge in [-0.2, -0.15) is 0 Å². The molecule has 0 radical (unpaired) electrons. The molecule has 0 aromatic carbocycles.